The van der Waals surface area contributed by atoms with E-state index in [2.05, 4.69) is 5.32 Å². The lowest BCUT2D eigenvalue weighted by atomic mass is 9.81. The van der Waals surface area contributed by atoms with Gasteiger partial charge in [0, 0.05) is 33.0 Å². The molecule has 2 amide bonds. The van der Waals surface area contributed by atoms with Crippen LogP contribution in [-0.4, -0.2) is 48.4 Å². The molecule has 6 nitrogen and oxygen atoms in total. The normalized spacial score (nSPS) is 22.6. The Labute approximate surface area is 113 Å². The Morgan fingerprint density at radius 2 is 1.63 bits per heavy atom. The minimum absolute atomic E-state index is 0.0186. The highest BCUT2D eigenvalue weighted by atomic mass is 16.4. The molecule has 0 heterocycles. The van der Waals surface area contributed by atoms with Crippen molar-refractivity contribution in [2.75, 3.05) is 20.6 Å². The first kappa shape index (κ1) is 15.5. The van der Waals surface area contributed by atoms with Crippen LogP contribution in [0.4, 0.5) is 0 Å². The fraction of sp³-hybridized carbons (Fsp3) is 0.769. The van der Waals surface area contributed by atoms with Crippen LogP contribution in [0.25, 0.3) is 0 Å². The maximum absolute atomic E-state index is 11.8. The maximum Gasteiger partial charge on any atom is 0.306 e. The number of nitrogens with zero attached hydrogens (tertiary/aromatic N) is 1. The second kappa shape index (κ2) is 7.11. The molecule has 0 radical (unpaired) electrons. The second-order valence-electron chi connectivity index (χ2n) is 5.22. The summed E-state index contributed by atoms with van der Waals surface area (Å²) in [7, 11) is 3.36. The van der Waals surface area contributed by atoms with Crippen molar-refractivity contribution in [3.05, 3.63) is 0 Å². The van der Waals surface area contributed by atoms with Crippen molar-refractivity contribution in [1.29, 1.82) is 0 Å². The molecular weight excluding hydrogens is 248 g/mol. The first-order valence-electron chi connectivity index (χ1n) is 6.62. The van der Waals surface area contributed by atoms with E-state index in [-0.39, 0.29) is 23.7 Å². The highest BCUT2D eigenvalue weighted by molar-refractivity contribution is 5.80. The number of carboxylic acids is 1. The summed E-state index contributed by atoms with van der Waals surface area (Å²) in [5, 5.41) is 11.6. The van der Waals surface area contributed by atoms with Crippen LogP contribution >= 0.6 is 0 Å². The first-order chi connectivity index (χ1) is 8.91. The quantitative estimate of drug-likeness (QED) is 0.760. The molecule has 1 fully saturated rings. The van der Waals surface area contributed by atoms with Gasteiger partial charge in [-0.25, -0.2) is 0 Å². The molecule has 0 aliphatic heterocycles. The number of carboxylic acid groups (broad SMARTS) is 1. The number of hydrogen-bond donors (Lipinski definition) is 2. The van der Waals surface area contributed by atoms with Crippen molar-refractivity contribution < 1.29 is 19.5 Å². The van der Waals surface area contributed by atoms with E-state index in [4.69, 9.17) is 5.11 Å². The molecule has 1 rings (SSSR count). The van der Waals surface area contributed by atoms with E-state index in [1.165, 1.54) is 4.90 Å². The number of amides is 2. The van der Waals surface area contributed by atoms with Gasteiger partial charge in [-0.05, 0) is 25.7 Å². The number of carbonyl (C=O) groups is 3. The van der Waals surface area contributed by atoms with Gasteiger partial charge in [-0.3, -0.25) is 14.4 Å². The van der Waals surface area contributed by atoms with E-state index in [0.29, 0.717) is 38.6 Å². The molecule has 19 heavy (non-hydrogen) atoms. The third-order valence-electron chi connectivity index (χ3n) is 3.58. The molecule has 0 bridgehead atoms. The molecule has 2 N–H and O–H groups in total. The lowest BCUT2D eigenvalue weighted by Gasteiger charge is -2.25. The third-order valence-corrected chi connectivity index (χ3v) is 3.58. The van der Waals surface area contributed by atoms with E-state index in [9.17, 15) is 14.4 Å². The minimum atomic E-state index is -0.768. The first-order valence-corrected chi connectivity index (χ1v) is 6.62. The van der Waals surface area contributed by atoms with Crippen LogP contribution in [0.3, 0.4) is 0 Å². The van der Waals surface area contributed by atoms with Gasteiger partial charge in [0.1, 0.15) is 0 Å². The topological polar surface area (TPSA) is 86.7 Å². The van der Waals surface area contributed by atoms with Gasteiger partial charge in [-0.15, -0.1) is 0 Å². The molecule has 0 saturated heterocycles. The zero-order valence-corrected chi connectivity index (χ0v) is 11.5. The summed E-state index contributed by atoms with van der Waals surface area (Å²) in [6.07, 6.45) is 2.65. The zero-order chi connectivity index (χ0) is 14.4. The summed E-state index contributed by atoms with van der Waals surface area (Å²) in [5.74, 6) is -1.26. The van der Waals surface area contributed by atoms with Crippen LogP contribution in [0.5, 0.6) is 0 Å². The number of hydrogen-bond acceptors (Lipinski definition) is 3. The largest absolute Gasteiger partial charge is 0.481 e. The molecule has 0 aromatic rings. The fourth-order valence-electron chi connectivity index (χ4n) is 2.26. The van der Waals surface area contributed by atoms with Crippen molar-refractivity contribution in [2.24, 2.45) is 11.8 Å². The molecule has 108 valence electrons. The molecule has 1 aliphatic carbocycles. The molecule has 1 saturated carbocycles. The Bertz CT molecular complexity index is 347. The van der Waals surface area contributed by atoms with Crippen LogP contribution in [0.15, 0.2) is 0 Å². The Morgan fingerprint density at radius 3 is 2.11 bits per heavy atom. The third kappa shape index (κ3) is 4.89. The van der Waals surface area contributed by atoms with Crippen LogP contribution in [0.1, 0.15) is 32.1 Å². The fourth-order valence-corrected chi connectivity index (χ4v) is 2.26. The maximum atomic E-state index is 11.8. The highest BCUT2D eigenvalue weighted by Crippen LogP contribution is 2.28. The van der Waals surface area contributed by atoms with Crippen molar-refractivity contribution in [3.63, 3.8) is 0 Å². The summed E-state index contributed by atoms with van der Waals surface area (Å²) >= 11 is 0. The van der Waals surface area contributed by atoms with Gasteiger partial charge in [0.05, 0.1) is 5.92 Å². The standard InChI is InChI=1S/C13H22N2O4/c1-15(2)11(16)7-8-14-12(17)9-3-5-10(6-4-9)13(18)19/h9-10H,3-8H2,1-2H3,(H,14,17)(H,18,19). The van der Waals surface area contributed by atoms with Gasteiger partial charge in [-0.1, -0.05) is 0 Å². The van der Waals surface area contributed by atoms with E-state index in [1.807, 2.05) is 0 Å². The number of rotatable bonds is 5. The molecule has 1 aliphatic rings. The minimum Gasteiger partial charge on any atom is -0.481 e. The van der Waals surface area contributed by atoms with Gasteiger partial charge in [0.2, 0.25) is 11.8 Å². The van der Waals surface area contributed by atoms with Crippen LogP contribution < -0.4 is 5.32 Å². The van der Waals surface area contributed by atoms with Gasteiger partial charge >= 0.3 is 5.97 Å². The van der Waals surface area contributed by atoms with Crippen molar-refractivity contribution in [3.8, 4) is 0 Å². The predicted molar refractivity (Wildman–Crippen MR) is 69.4 cm³/mol. The van der Waals surface area contributed by atoms with Crippen LogP contribution in [-0.2, 0) is 14.4 Å². The van der Waals surface area contributed by atoms with E-state index in [1.54, 1.807) is 14.1 Å². The Hall–Kier alpha value is -1.59. The predicted octanol–water partition coefficient (Wildman–Crippen LogP) is 0.472. The molecular formula is C13H22N2O4. The van der Waals surface area contributed by atoms with Crippen molar-refractivity contribution in [1.82, 2.24) is 10.2 Å². The number of carbonyl (C=O) groups excluding carboxylic acids is 2. The lowest BCUT2D eigenvalue weighted by Crippen LogP contribution is -2.36. The molecule has 0 aromatic heterocycles. The lowest BCUT2D eigenvalue weighted by molar-refractivity contribution is -0.144. The summed E-state index contributed by atoms with van der Waals surface area (Å²) in [5.41, 5.74) is 0. The summed E-state index contributed by atoms with van der Waals surface area (Å²) in [6.45, 7) is 0.342. The van der Waals surface area contributed by atoms with Crippen molar-refractivity contribution >= 4 is 17.8 Å². The molecule has 0 atom stereocenters. The van der Waals surface area contributed by atoms with Gasteiger partial charge in [-0.2, -0.15) is 0 Å². The summed E-state index contributed by atoms with van der Waals surface area (Å²) < 4.78 is 0. The number of aliphatic carboxylic acids is 1. The SMILES string of the molecule is CN(C)C(=O)CCNC(=O)C1CCC(C(=O)O)CC1. The summed E-state index contributed by atoms with van der Waals surface area (Å²) in [6, 6.07) is 0. The Morgan fingerprint density at radius 1 is 1.11 bits per heavy atom. The average Bonchev–Trinajstić information content (AvgIpc) is 2.38. The van der Waals surface area contributed by atoms with E-state index >= 15 is 0 Å². The van der Waals surface area contributed by atoms with Crippen LogP contribution in [0.2, 0.25) is 0 Å². The Balaban J connectivity index is 2.24. The van der Waals surface area contributed by atoms with Gasteiger partial charge in [0.25, 0.3) is 0 Å². The zero-order valence-electron chi connectivity index (χ0n) is 11.5. The molecule has 0 aromatic carbocycles. The van der Waals surface area contributed by atoms with Gasteiger partial charge in [0.15, 0.2) is 0 Å². The van der Waals surface area contributed by atoms with Gasteiger partial charge < -0.3 is 15.3 Å². The van der Waals surface area contributed by atoms with E-state index in [0.717, 1.165) is 0 Å². The number of nitrogens with one attached hydrogen (secondary N) is 1. The van der Waals surface area contributed by atoms with Crippen LogP contribution in [0, 0.1) is 11.8 Å². The molecule has 0 unspecified atom stereocenters. The molecule has 0 spiro atoms. The average molecular weight is 270 g/mol. The highest BCUT2D eigenvalue weighted by Gasteiger charge is 2.29. The Kier molecular flexibility index (Phi) is 5.79. The second-order valence-corrected chi connectivity index (χ2v) is 5.22. The molecule has 6 heteroatoms. The van der Waals surface area contributed by atoms with Crippen molar-refractivity contribution in [2.45, 2.75) is 32.1 Å². The van der Waals surface area contributed by atoms with E-state index < -0.39 is 5.97 Å². The monoisotopic (exact) mass is 270 g/mol. The smallest absolute Gasteiger partial charge is 0.306 e. The summed E-state index contributed by atoms with van der Waals surface area (Å²) in [4.78, 5) is 35.5.